The average Bonchev–Trinajstić information content (AvgIpc) is 3.33. The van der Waals surface area contributed by atoms with E-state index in [9.17, 15) is 4.79 Å². The lowest BCUT2D eigenvalue weighted by Gasteiger charge is -2.27. The van der Waals surface area contributed by atoms with Gasteiger partial charge in [0.2, 0.25) is 0 Å². The molecule has 0 spiro atoms. The van der Waals surface area contributed by atoms with E-state index in [2.05, 4.69) is 17.0 Å². The highest BCUT2D eigenvalue weighted by Gasteiger charge is 2.22. The SMILES string of the molecule is Cl.O=C(c1ccc(-c2ccccc2)cc1)N(CCCN1CCOCC1)c1nc2c(Cl)cccc2s1. The molecular formula is C27H27Cl2N3O2S. The summed E-state index contributed by atoms with van der Waals surface area (Å²) < 4.78 is 6.43. The number of morpholine rings is 1. The van der Waals surface area contributed by atoms with Crippen molar-refractivity contribution in [2.24, 2.45) is 0 Å². The van der Waals surface area contributed by atoms with E-state index in [-0.39, 0.29) is 18.3 Å². The van der Waals surface area contributed by atoms with Crippen molar-refractivity contribution >= 4 is 56.6 Å². The average molecular weight is 529 g/mol. The molecule has 1 aliphatic rings. The maximum Gasteiger partial charge on any atom is 0.260 e. The van der Waals surface area contributed by atoms with Gasteiger partial charge in [-0.25, -0.2) is 4.98 Å². The van der Waals surface area contributed by atoms with Crippen LogP contribution < -0.4 is 4.90 Å². The first-order valence-corrected chi connectivity index (χ1v) is 12.7. The minimum absolute atomic E-state index is 0. The molecule has 1 saturated heterocycles. The summed E-state index contributed by atoms with van der Waals surface area (Å²) in [6, 6.07) is 23.7. The number of carbonyl (C=O) groups excluding carboxylic acids is 1. The highest BCUT2D eigenvalue weighted by molar-refractivity contribution is 7.22. The molecule has 0 radical (unpaired) electrons. The van der Waals surface area contributed by atoms with E-state index in [1.807, 2.05) is 60.7 Å². The van der Waals surface area contributed by atoms with Crippen LogP contribution in [-0.4, -0.2) is 55.2 Å². The number of hydrogen-bond donors (Lipinski definition) is 0. The second kappa shape index (κ2) is 12.0. The number of amides is 1. The molecule has 0 unspecified atom stereocenters. The van der Waals surface area contributed by atoms with Crippen LogP contribution in [0.15, 0.2) is 72.8 Å². The van der Waals surface area contributed by atoms with E-state index in [0.29, 0.717) is 22.3 Å². The van der Waals surface area contributed by atoms with Crippen molar-refractivity contribution in [3.63, 3.8) is 0 Å². The van der Waals surface area contributed by atoms with Crippen molar-refractivity contribution < 1.29 is 9.53 Å². The molecule has 0 atom stereocenters. The zero-order chi connectivity index (χ0) is 23.3. The van der Waals surface area contributed by atoms with Crippen molar-refractivity contribution in [2.75, 3.05) is 44.3 Å². The minimum Gasteiger partial charge on any atom is -0.379 e. The Morgan fingerprint density at radius 3 is 2.40 bits per heavy atom. The van der Waals surface area contributed by atoms with Crippen LogP contribution in [0.1, 0.15) is 16.8 Å². The number of rotatable bonds is 7. The normalized spacial score (nSPS) is 14.0. The smallest absolute Gasteiger partial charge is 0.260 e. The Morgan fingerprint density at radius 1 is 0.971 bits per heavy atom. The molecule has 3 aromatic carbocycles. The van der Waals surface area contributed by atoms with E-state index in [0.717, 1.165) is 60.6 Å². The first kappa shape index (κ1) is 25.6. The second-order valence-corrected chi connectivity index (χ2v) is 9.71. The standard InChI is InChI=1S/C27H26ClN3O2S.ClH/c28-23-8-4-9-24-25(23)29-27(34-24)31(15-5-14-30-16-18-33-19-17-30)26(32)22-12-10-21(11-13-22)20-6-2-1-3-7-20;/h1-4,6-13H,5,14-19H2;1H. The van der Waals surface area contributed by atoms with Gasteiger partial charge in [0, 0.05) is 31.7 Å². The number of anilines is 1. The number of carbonyl (C=O) groups is 1. The van der Waals surface area contributed by atoms with Gasteiger partial charge in [-0.1, -0.05) is 71.5 Å². The number of benzene rings is 3. The summed E-state index contributed by atoms with van der Waals surface area (Å²) in [5.74, 6) is -0.0447. The fourth-order valence-corrected chi connectivity index (χ4v) is 5.46. The highest BCUT2D eigenvalue weighted by Crippen LogP contribution is 2.33. The molecule has 5 nitrogen and oxygen atoms in total. The van der Waals surface area contributed by atoms with Gasteiger partial charge in [0.05, 0.1) is 22.9 Å². The van der Waals surface area contributed by atoms with Crippen molar-refractivity contribution in [1.82, 2.24) is 9.88 Å². The van der Waals surface area contributed by atoms with Gasteiger partial charge in [-0.2, -0.15) is 0 Å². The summed E-state index contributed by atoms with van der Waals surface area (Å²) >= 11 is 7.88. The molecule has 4 aromatic rings. The van der Waals surface area contributed by atoms with Crippen molar-refractivity contribution in [2.45, 2.75) is 6.42 Å². The molecule has 0 aliphatic carbocycles. The molecule has 2 heterocycles. The van der Waals surface area contributed by atoms with Crippen LogP contribution >= 0.6 is 35.3 Å². The Labute approximate surface area is 220 Å². The zero-order valence-corrected chi connectivity index (χ0v) is 21.6. The summed E-state index contributed by atoms with van der Waals surface area (Å²) in [5, 5.41) is 1.29. The number of thiazole rings is 1. The Morgan fingerprint density at radius 2 is 1.69 bits per heavy atom. The number of ether oxygens (including phenoxy) is 1. The number of para-hydroxylation sites is 1. The van der Waals surface area contributed by atoms with Gasteiger partial charge < -0.3 is 4.74 Å². The van der Waals surface area contributed by atoms with Crippen LogP contribution in [0.3, 0.4) is 0 Å². The van der Waals surface area contributed by atoms with Crippen molar-refractivity contribution in [1.29, 1.82) is 0 Å². The summed E-state index contributed by atoms with van der Waals surface area (Å²) in [6.45, 7) is 4.93. The first-order chi connectivity index (χ1) is 16.7. The third kappa shape index (κ3) is 6.02. The van der Waals surface area contributed by atoms with Gasteiger partial charge >= 0.3 is 0 Å². The number of nitrogens with zero attached hydrogens (tertiary/aromatic N) is 3. The fraction of sp³-hybridized carbons (Fsp3) is 0.259. The summed E-state index contributed by atoms with van der Waals surface area (Å²) in [7, 11) is 0. The monoisotopic (exact) mass is 527 g/mol. The molecule has 1 fully saturated rings. The van der Waals surface area contributed by atoms with Crippen LogP contribution in [0, 0.1) is 0 Å². The number of hydrogen-bond acceptors (Lipinski definition) is 5. The van der Waals surface area contributed by atoms with Crippen LogP contribution in [0.25, 0.3) is 21.3 Å². The predicted molar refractivity (Wildman–Crippen MR) is 147 cm³/mol. The molecule has 182 valence electrons. The maximum atomic E-state index is 13.7. The minimum atomic E-state index is -0.0447. The Kier molecular flexibility index (Phi) is 8.76. The quantitative estimate of drug-likeness (QED) is 0.278. The molecule has 0 saturated carbocycles. The molecule has 8 heteroatoms. The molecule has 1 aromatic heterocycles. The van der Waals surface area contributed by atoms with Crippen LogP contribution in [0.5, 0.6) is 0 Å². The Balaban J connectivity index is 0.00000289. The van der Waals surface area contributed by atoms with Gasteiger partial charge in [0.15, 0.2) is 5.13 Å². The molecule has 5 rings (SSSR count). The van der Waals surface area contributed by atoms with Gasteiger partial charge in [-0.15, -0.1) is 12.4 Å². The maximum absolute atomic E-state index is 13.7. The first-order valence-electron chi connectivity index (χ1n) is 11.5. The van der Waals surface area contributed by atoms with Gasteiger partial charge in [-0.05, 0) is 41.8 Å². The lowest BCUT2D eigenvalue weighted by molar-refractivity contribution is 0.0376. The molecule has 35 heavy (non-hydrogen) atoms. The summed E-state index contributed by atoms with van der Waals surface area (Å²) in [5.41, 5.74) is 3.61. The fourth-order valence-electron chi connectivity index (χ4n) is 4.17. The number of fused-ring (bicyclic) bond motifs is 1. The molecule has 1 amide bonds. The van der Waals surface area contributed by atoms with E-state index in [1.165, 1.54) is 11.3 Å². The van der Waals surface area contributed by atoms with E-state index in [1.54, 1.807) is 4.90 Å². The van der Waals surface area contributed by atoms with Crippen LogP contribution in [0.2, 0.25) is 5.02 Å². The Hall–Kier alpha value is -2.48. The van der Waals surface area contributed by atoms with Gasteiger partial charge in [0.25, 0.3) is 5.91 Å². The summed E-state index contributed by atoms with van der Waals surface area (Å²) in [6.07, 6.45) is 0.859. The van der Waals surface area contributed by atoms with E-state index < -0.39 is 0 Å². The third-order valence-corrected chi connectivity index (χ3v) is 7.38. The topological polar surface area (TPSA) is 45.7 Å². The molecule has 0 N–H and O–H groups in total. The second-order valence-electron chi connectivity index (χ2n) is 8.29. The molecular weight excluding hydrogens is 501 g/mol. The lowest BCUT2D eigenvalue weighted by atomic mass is 10.0. The largest absolute Gasteiger partial charge is 0.379 e. The van der Waals surface area contributed by atoms with Crippen molar-refractivity contribution in [3.05, 3.63) is 83.4 Å². The lowest BCUT2D eigenvalue weighted by Crippen LogP contribution is -2.39. The van der Waals surface area contributed by atoms with E-state index >= 15 is 0 Å². The van der Waals surface area contributed by atoms with Gasteiger partial charge in [-0.3, -0.25) is 14.6 Å². The number of halogens is 2. The van der Waals surface area contributed by atoms with Crippen LogP contribution in [0.4, 0.5) is 5.13 Å². The third-order valence-electron chi connectivity index (χ3n) is 6.03. The van der Waals surface area contributed by atoms with Crippen LogP contribution in [-0.2, 0) is 4.74 Å². The zero-order valence-electron chi connectivity index (χ0n) is 19.2. The molecule has 1 aliphatic heterocycles. The van der Waals surface area contributed by atoms with Gasteiger partial charge in [0.1, 0.15) is 5.52 Å². The highest BCUT2D eigenvalue weighted by atomic mass is 35.5. The Bertz CT molecular complexity index is 1260. The van der Waals surface area contributed by atoms with E-state index in [4.69, 9.17) is 21.3 Å². The summed E-state index contributed by atoms with van der Waals surface area (Å²) in [4.78, 5) is 22.6. The number of aromatic nitrogens is 1. The predicted octanol–water partition coefficient (Wildman–Crippen LogP) is 6.41. The van der Waals surface area contributed by atoms with Crippen molar-refractivity contribution in [3.8, 4) is 11.1 Å². The molecule has 0 bridgehead atoms.